The van der Waals surface area contributed by atoms with Crippen molar-refractivity contribution in [3.63, 3.8) is 0 Å². The summed E-state index contributed by atoms with van der Waals surface area (Å²) in [5, 5.41) is 2.71. The highest BCUT2D eigenvalue weighted by Crippen LogP contribution is 2.15. The zero-order valence-electron chi connectivity index (χ0n) is 16.4. The van der Waals surface area contributed by atoms with E-state index in [1.807, 2.05) is 37.4 Å². The average molecular weight is 416 g/mol. The quantitative estimate of drug-likeness (QED) is 0.545. The molecule has 0 radical (unpaired) electrons. The molecule has 8 heteroatoms. The molecule has 3 N–H and O–H groups in total. The Kier molecular flexibility index (Phi) is 9.04. The molecule has 0 spiro atoms. The minimum atomic E-state index is -0.771. The monoisotopic (exact) mass is 415 g/mol. The lowest BCUT2D eigenvalue weighted by molar-refractivity contribution is -0.130. The fourth-order valence-electron chi connectivity index (χ4n) is 2.45. The highest BCUT2D eigenvalue weighted by atomic mass is 32.2. The molecule has 0 aliphatic carbocycles. The summed E-state index contributed by atoms with van der Waals surface area (Å²) in [5.74, 6) is -0.0625. The van der Waals surface area contributed by atoms with Gasteiger partial charge < -0.3 is 10.1 Å². The molecule has 0 fully saturated rings. The fourth-order valence-corrected chi connectivity index (χ4v) is 2.92. The summed E-state index contributed by atoms with van der Waals surface area (Å²) in [6.45, 7) is 1.64. The Bertz CT molecular complexity index is 830. The third-order valence-corrected chi connectivity index (χ3v) is 4.69. The number of carbonyl (C=O) groups excluding carboxylic acids is 3. The van der Waals surface area contributed by atoms with Gasteiger partial charge in [-0.25, -0.2) is 0 Å². The smallest absolute Gasteiger partial charge is 0.276 e. The van der Waals surface area contributed by atoms with Crippen LogP contribution in [-0.4, -0.2) is 42.4 Å². The number of hydrogen-bond donors (Lipinski definition) is 3. The van der Waals surface area contributed by atoms with E-state index >= 15 is 0 Å². The Morgan fingerprint density at radius 2 is 1.69 bits per heavy atom. The maximum Gasteiger partial charge on any atom is 0.276 e. The largest absolute Gasteiger partial charge is 0.483 e. The molecule has 154 valence electrons. The molecule has 0 aliphatic rings. The number of nitrogens with one attached hydrogen (secondary N) is 3. The van der Waals surface area contributed by atoms with E-state index in [2.05, 4.69) is 16.2 Å². The van der Waals surface area contributed by atoms with Crippen LogP contribution >= 0.6 is 11.8 Å². The molecule has 0 saturated heterocycles. The number of carbonyl (C=O) groups is 3. The normalized spacial score (nSPS) is 11.2. The Balaban J connectivity index is 1.85. The number of thioether (sulfide) groups is 1. The Morgan fingerprint density at radius 3 is 2.38 bits per heavy atom. The number of amides is 3. The lowest BCUT2D eigenvalue weighted by atomic mass is 10.1. The number of rotatable bonds is 9. The van der Waals surface area contributed by atoms with Crippen molar-refractivity contribution < 1.29 is 19.1 Å². The molecule has 0 aromatic heterocycles. The van der Waals surface area contributed by atoms with E-state index in [1.165, 1.54) is 0 Å². The second kappa shape index (κ2) is 11.8. The van der Waals surface area contributed by atoms with Crippen molar-refractivity contribution in [2.45, 2.75) is 19.4 Å². The molecule has 2 rings (SSSR count). The fraction of sp³-hybridized carbons (Fsp3) is 0.286. The second-order valence-electron chi connectivity index (χ2n) is 6.27. The minimum Gasteiger partial charge on any atom is -0.483 e. The lowest BCUT2D eigenvalue weighted by Crippen LogP contribution is -2.53. The van der Waals surface area contributed by atoms with Crippen LogP contribution in [0.15, 0.2) is 54.6 Å². The molecule has 0 unspecified atom stereocenters. The van der Waals surface area contributed by atoms with Crippen LogP contribution in [0.3, 0.4) is 0 Å². The maximum atomic E-state index is 12.5. The van der Waals surface area contributed by atoms with Gasteiger partial charge in [0.1, 0.15) is 11.8 Å². The standard InChI is InChI=1S/C21H25N3O4S/c1-15-8-6-7-11-18(15)28-14-19(25)23-24-21(27)17(12-13-29-2)22-20(26)16-9-4-3-5-10-16/h3-11,17H,12-14H2,1-2H3,(H,22,26)(H,23,25)(H,24,27)/t17-/m0/s1. The van der Waals surface area contributed by atoms with Crippen molar-refractivity contribution in [3.05, 3.63) is 65.7 Å². The molecule has 2 aromatic carbocycles. The van der Waals surface area contributed by atoms with Crippen molar-refractivity contribution >= 4 is 29.5 Å². The van der Waals surface area contributed by atoms with Crippen molar-refractivity contribution in [1.29, 1.82) is 0 Å². The van der Waals surface area contributed by atoms with Gasteiger partial charge in [0, 0.05) is 5.56 Å². The van der Waals surface area contributed by atoms with Gasteiger partial charge >= 0.3 is 0 Å². The molecule has 0 aliphatic heterocycles. The molecular weight excluding hydrogens is 390 g/mol. The number of aryl methyl sites for hydroxylation is 1. The lowest BCUT2D eigenvalue weighted by Gasteiger charge is -2.18. The van der Waals surface area contributed by atoms with Gasteiger partial charge in [0.15, 0.2) is 6.61 Å². The van der Waals surface area contributed by atoms with Crippen LogP contribution in [0.5, 0.6) is 5.75 Å². The Morgan fingerprint density at radius 1 is 1.00 bits per heavy atom. The van der Waals surface area contributed by atoms with E-state index < -0.39 is 17.9 Å². The molecule has 0 heterocycles. The van der Waals surface area contributed by atoms with Crippen LogP contribution in [0.1, 0.15) is 22.3 Å². The summed E-state index contributed by atoms with van der Waals surface area (Å²) in [7, 11) is 0. The third kappa shape index (κ3) is 7.50. The zero-order chi connectivity index (χ0) is 21.1. The van der Waals surface area contributed by atoms with Gasteiger partial charge in [-0.15, -0.1) is 0 Å². The van der Waals surface area contributed by atoms with Crippen molar-refractivity contribution in [3.8, 4) is 5.75 Å². The number of benzene rings is 2. The summed E-state index contributed by atoms with van der Waals surface area (Å²) >= 11 is 1.56. The molecule has 0 bridgehead atoms. The summed E-state index contributed by atoms with van der Waals surface area (Å²) in [4.78, 5) is 36.8. The van der Waals surface area contributed by atoms with E-state index in [1.54, 1.807) is 42.1 Å². The van der Waals surface area contributed by atoms with Gasteiger partial charge in [0.25, 0.3) is 17.7 Å². The van der Waals surface area contributed by atoms with Crippen LogP contribution in [-0.2, 0) is 9.59 Å². The highest BCUT2D eigenvalue weighted by Gasteiger charge is 2.21. The first-order chi connectivity index (χ1) is 14.0. The van der Waals surface area contributed by atoms with E-state index in [9.17, 15) is 14.4 Å². The van der Waals surface area contributed by atoms with E-state index in [-0.39, 0.29) is 12.5 Å². The van der Waals surface area contributed by atoms with Crippen molar-refractivity contribution in [2.24, 2.45) is 0 Å². The van der Waals surface area contributed by atoms with Crippen molar-refractivity contribution in [1.82, 2.24) is 16.2 Å². The number of ether oxygens (including phenoxy) is 1. The first kappa shape index (κ1) is 22.3. The van der Waals surface area contributed by atoms with Crippen LogP contribution in [0.2, 0.25) is 0 Å². The molecular formula is C21H25N3O4S. The highest BCUT2D eigenvalue weighted by molar-refractivity contribution is 7.98. The number of para-hydroxylation sites is 1. The summed E-state index contributed by atoms with van der Waals surface area (Å²) in [5.41, 5.74) is 6.05. The molecule has 0 saturated carbocycles. The molecule has 1 atom stereocenters. The van der Waals surface area contributed by atoms with E-state index in [4.69, 9.17) is 4.74 Å². The molecule has 7 nitrogen and oxygen atoms in total. The van der Waals surface area contributed by atoms with Gasteiger partial charge in [-0.3, -0.25) is 25.2 Å². The second-order valence-corrected chi connectivity index (χ2v) is 7.25. The Hall–Kier alpha value is -3.00. The molecule has 29 heavy (non-hydrogen) atoms. The van der Waals surface area contributed by atoms with Crippen LogP contribution in [0.25, 0.3) is 0 Å². The molecule has 3 amide bonds. The van der Waals surface area contributed by atoms with Gasteiger partial charge in [0.2, 0.25) is 0 Å². The summed E-state index contributed by atoms with van der Waals surface area (Å²) in [6, 6.07) is 15.2. The number of hydrogen-bond acceptors (Lipinski definition) is 5. The van der Waals surface area contributed by atoms with Crippen LogP contribution in [0, 0.1) is 6.92 Å². The van der Waals surface area contributed by atoms with Crippen LogP contribution < -0.4 is 20.9 Å². The topological polar surface area (TPSA) is 96.5 Å². The summed E-state index contributed by atoms with van der Waals surface area (Å²) < 4.78 is 5.44. The van der Waals surface area contributed by atoms with E-state index in [0.717, 1.165) is 5.56 Å². The van der Waals surface area contributed by atoms with Crippen LogP contribution in [0.4, 0.5) is 0 Å². The van der Waals surface area contributed by atoms with Gasteiger partial charge in [-0.2, -0.15) is 11.8 Å². The van der Waals surface area contributed by atoms with Gasteiger partial charge in [-0.05, 0) is 49.1 Å². The van der Waals surface area contributed by atoms with Gasteiger partial charge in [-0.1, -0.05) is 36.4 Å². The minimum absolute atomic E-state index is 0.239. The summed E-state index contributed by atoms with van der Waals surface area (Å²) in [6.07, 6.45) is 2.35. The molecule has 2 aromatic rings. The third-order valence-electron chi connectivity index (χ3n) is 4.05. The number of hydrazine groups is 1. The first-order valence-corrected chi connectivity index (χ1v) is 10.5. The predicted molar refractivity (Wildman–Crippen MR) is 114 cm³/mol. The van der Waals surface area contributed by atoms with Crippen molar-refractivity contribution in [2.75, 3.05) is 18.6 Å². The Labute approximate surface area is 174 Å². The maximum absolute atomic E-state index is 12.5. The zero-order valence-corrected chi connectivity index (χ0v) is 17.3. The SMILES string of the molecule is CSCC[C@H](NC(=O)c1ccccc1)C(=O)NNC(=O)COc1ccccc1C. The first-order valence-electron chi connectivity index (χ1n) is 9.13. The van der Waals surface area contributed by atoms with E-state index in [0.29, 0.717) is 23.5 Å². The average Bonchev–Trinajstić information content (AvgIpc) is 2.74. The predicted octanol–water partition coefficient (Wildman–Crippen LogP) is 2.07. The van der Waals surface area contributed by atoms with Gasteiger partial charge in [0.05, 0.1) is 0 Å².